The summed E-state index contributed by atoms with van der Waals surface area (Å²) in [6.07, 6.45) is 1.27. The Hall–Kier alpha value is -1.04. The van der Waals surface area contributed by atoms with Crippen LogP contribution >= 0.6 is 11.8 Å². The smallest absolute Gasteiger partial charge is 0.253 e. The molecule has 3 N–H and O–H groups in total. The van der Waals surface area contributed by atoms with Gasteiger partial charge in [0.25, 0.3) is 5.91 Å². The van der Waals surface area contributed by atoms with Gasteiger partial charge in [0.2, 0.25) is 0 Å². The molecule has 1 aliphatic rings. The van der Waals surface area contributed by atoms with Crippen molar-refractivity contribution in [1.29, 1.82) is 0 Å². The number of carbonyl (C=O) groups excluding carboxylic acids is 1. The van der Waals surface area contributed by atoms with Crippen molar-refractivity contribution in [2.75, 3.05) is 17.6 Å². The fraction of sp³-hybridized carbons (Fsp3) is 0.500. The van der Waals surface area contributed by atoms with E-state index in [9.17, 15) is 4.79 Å². The molecule has 0 bridgehead atoms. The second-order valence-corrected chi connectivity index (χ2v) is 5.85. The van der Waals surface area contributed by atoms with Crippen LogP contribution in [0, 0.1) is 0 Å². The number of benzene rings is 1. The molecule has 104 valence electrons. The van der Waals surface area contributed by atoms with Gasteiger partial charge in [0.1, 0.15) is 6.10 Å². The minimum atomic E-state index is -0.365. The Morgan fingerprint density at radius 3 is 3.05 bits per heavy atom. The number of amides is 1. The third kappa shape index (κ3) is 3.96. The number of carbonyl (C=O) groups is 1. The lowest BCUT2D eigenvalue weighted by Crippen LogP contribution is -2.29. The van der Waals surface area contributed by atoms with E-state index < -0.39 is 0 Å². The highest BCUT2D eigenvalue weighted by Crippen LogP contribution is 2.23. The Morgan fingerprint density at radius 2 is 2.37 bits per heavy atom. The second-order valence-electron chi connectivity index (χ2n) is 4.51. The number of rotatable bonds is 5. The van der Waals surface area contributed by atoms with E-state index in [2.05, 4.69) is 12.2 Å². The Kier molecular flexibility index (Phi) is 5.24. The number of thioether (sulfide) groups is 1. The van der Waals surface area contributed by atoms with Crippen LogP contribution < -0.4 is 11.1 Å². The Labute approximate surface area is 118 Å². The molecule has 1 aromatic carbocycles. The molecule has 1 aromatic rings. The van der Waals surface area contributed by atoms with Crippen LogP contribution in [0.15, 0.2) is 29.2 Å². The van der Waals surface area contributed by atoms with E-state index in [-0.39, 0.29) is 18.1 Å². The van der Waals surface area contributed by atoms with E-state index in [1.54, 1.807) is 11.8 Å². The summed E-state index contributed by atoms with van der Waals surface area (Å²) in [4.78, 5) is 13.2. The van der Waals surface area contributed by atoms with Gasteiger partial charge in [0.05, 0.1) is 6.10 Å². The maximum atomic E-state index is 12.1. The summed E-state index contributed by atoms with van der Waals surface area (Å²) in [5.41, 5.74) is 6.36. The molecular weight excluding hydrogens is 260 g/mol. The fourth-order valence-electron chi connectivity index (χ4n) is 2.13. The highest BCUT2D eigenvalue weighted by molar-refractivity contribution is 7.99. The van der Waals surface area contributed by atoms with Crippen LogP contribution in [0.3, 0.4) is 0 Å². The number of anilines is 1. The summed E-state index contributed by atoms with van der Waals surface area (Å²) in [5.74, 6) is 0.941. The first-order valence-corrected chi connectivity index (χ1v) is 7.60. The van der Waals surface area contributed by atoms with E-state index in [0.29, 0.717) is 6.54 Å². The molecule has 1 heterocycles. The van der Waals surface area contributed by atoms with Crippen molar-refractivity contribution in [3.05, 3.63) is 24.3 Å². The second kappa shape index (κ2) is 6.93. The maximum Gasteiger partial charge on any atom is 0.253 e. The van der Waals surface area contributed by atoms with Crippen molar-refractivity contribution >= 4 is 23.4 Å². The number of nitrogens with two attached hydrogens (primary N) is 1. The van der Waals surface area contributed by atoms with Crippen molar-refractivity contribution in [2.24, 2.45) is 5.73 Å². The molecule has 1 aliphatic heterocycles. The van der Waals surface area contributed by atoms with Gasteiger partial charge in [-0.2, -0.15) is 0 Å². The third-order valence-electron chi connectivity index (χ3n) is 3.08. The fourth-order valence-corrected chi connectivity index (χ4v) is 2.84. The lowest BCUT2D eigenvalue weighted by molar-refractivity contribution is -0.126. The average molecular weight is 280 g/mol. The van der Waals surface area contributed by atoms with Crippen molar-refractivity contribution in [3.63, 3.8) is 0 Å². The predicted octanol–water partition coefficient (Wildman–Crippen LogP) is 2.24. The highest BCUT2D eigenvalue weighted by atomic mass is 32.2. The van der Waals surface area contributed by atoms with Gasteiger partial charge in [-0.15, -0.1) is 11.8 Å². The number of hydrogen-bond donors (Lipinski definition) is 2. The largest absolute Gasteiger partial charge is 0.364 e. The first kappa shape index (κ1) is 14.4. The van der Waals surface area contributed by atoms with E-state index in [1.165, 1.54) is 0 Å². The van der Waals surface area contributed by atoms with Gasteiger partial charge in [-0.3, -0.25) is 4.79 Å². The van der Waals surface area contributed by atoms with Crippen molar-refractivity contribution in [2.45, 2.75) is 36.9 Å². The molecule has 2 rings (SSSR count). The van der Waals surface area contributed by atoms with Crippen molar-refractivity contribution < 1.29 is 9.53 Å². The van der Waals surface area contributed by atoms with Crippen LogP contribution in [0.1, 0.15) is 19.8 Å². The Bertz CT molecular complexity index is 439. The number of hydrogen-bond acceptors (Lipinski definition) is 4. The van der Waals surface area contributed by atoms with Crippen molar-refractivity contribution in [3.8, 4) is 0 Å². The minimum absolute atomic E-state index is 0.0257. The van der Waals surface area contributed by atoms with Gasteiger partial charge < -0.3 is 15.8 Å². The summed E-state index contributed by atoms with van der Waals surface area (Å²) in [7, 11) is 0. The molecule has 1 fully saturated rings. The summed E-state index contributed by atoms with van der Waals surface area (Å²) >= 11 is 1.75. The van der Waals surface area contributed by atoms with Crippen LogP contribution in [-0.2, 0) is 9.53 Å². The Morgan fingerprint density at radius 1 is 1.53 bits per heavy atom. The Balaban J connectivity index is 1.93. The van der Waals surface area contributed by atoms with Crippen LogP contribution in [0.25, 0.3) is 0 Å². The minimum Gasteiger partial charge on any atom is -0.364 e. The molecule has 1 amide bonds. The molecule has 5 heteroatoms. The molecular formula is C14H20N2O2S. The van der Waals surface area contributed by atoms with Gasteiger partial charge in [-0.1, -0.05) is 13.0 Å². The molecule has 2 atom stereocenters. The zero-order valence-electron chi connectivity index (χ0n) is 11.1. The van der Waals surface area contributed by atoms with Gasteiger partial charge in [-0.05, 0) is 36.8 Å². The lowest BCUT2D eigenvalue weighted by Gasteiger charge is -2.13. The molecule has 1 saturated heterocycles. The molecule has 0 unspecified atom stereocenters. The molecule has 0 saturated carbocycles. The summed E-state index contributed by atoms with van der Waals surface area (Å²) in [6, 6.07) is 7.88. The van der Waals surface area contributed by atoms with E-state index in [4.69, 9.17) is 10.5 Å². The van der Waals surface area contributed by atoms with Crippen molar-refractivity contribution in [1.82, 2.24) is 0 Å². The van der Waals surface area contributed by atoms with Gasteiger partial charge in [0.15, 0.2) is 0 Å². The summed E-state index contributed by atoms with van der Waals surface area (Å²) in [6.45, 7) is 2.58. The van der Waals surface area contributed by atoms with Crippen LogP contribution in [0.5, 0.6) is 0 Å². The molecule has 19 heavy (non-hydrogen) atoms. The zero-order chi connectivity index (χ0) is 13.7. The van der Waals surface area contributed by atoms with E-state index >= 15 is 0 Å². The lowest BCUT2D eigenvalue weighted by atomic mass is 10.2. The van der Waals surface area contributed by atoms with Gasteiger partial charge >= 0.3 is 0 Å². The summed E-state index contributed by atoms with van der Waals surface area (Å²) in [5, 5.41) is 2.91. The first-order chi connectivity index (χ1) is 9.22. The molecule has 0 spiro atoms. The normalized spacial score (nSPS) is 22.4. The first-order valence-electron chi connectivity index (χ1n) is 6.62. The van der Waals surface area contributed by atoms with E-state index in [1.807, 2.05) is 24.3 Å². The van der Waals surface area contributed by atoms with Gasteiger partial charge in [-0.25, -0.2) is 0 Å². The average Bonchev–Trinajstić information content (AvgIpc) is 2.88. The predicted molar refractivity (Wildman–Crippen MR) is 78.4 cm³/mol. The number of nitrogens with one attached hydrogen (secondary N) is 1. The van der Waals surface area contributed by atoms with Gasteiger partial charge in [0, 0.05) is 17.1 Å². The topological polar surface area (TPSA) is 64.4 Å². The quantitative estimate of drug-likeness (QED) is 0.812. The monoisotopic (exact) mass is 280 g/mol. The van der Waals surface area contributed by atoms with Crippen LogP contribution in [0.2, 0.25) is 0 Å². The van der Waals surface area contributed by atoms with Crippen LogP contribution in [-0.4, -0.2) is 30.4 Å². The number of ether oxygens (including phenoxy) is 1. The third-order valence-corrected chi connectivity index (χ3v) is 3.95. The highest BCUT2D eigenvalue weighted by Gasteiger charge is 2.29. The van der Waals surface area contributed by atoms with E-state index in [0.717, 1.165) is 29.2 Å². The molecule has 0 radical (unpaired) electrons. The maximum absolute atomic E-state index is 12.1. The van der Waals surface area contributed by atoms with Crippen LogP contribution in [0.4, 0.5) is 5.69 Å². The zero-order valence-corrected chi connectivity index (χ0v) is 11.9. The molecule has 0 aromatic heterocycles. The SMILES string of the molecule is CCSc1cccc(NC(=O)[C@@H]2CC[C@H](CN)O2)c1. The standard InChI is InChI=1S/C14H20N2O2S/c1-2-19-12-5-3-4-10(8-12)16-14(17)13-7-6-11(9-15)18-13/h3-5,8,11,13H,2,6-7,9,15H2,1H3,(H,16,17)/t11-,13+/m1/s1. The molecule has 0 aliphatic carbocycles. The summed E-state index contributed by atoms with van der Waals surface area (Å²) < 4.78 is 5.58. The molecule has 4 nitrogen and oxygen atoms in total.